The van der Waals surface area contributed by atoms with Gasteiger partial charge in [0.1, 0.15) is 0 Å². The van der Waals surface area contributed by atoms with Gasteiger partial charge in [-0.1, -0.05) is 0 Å². The van der Waals surface area contributed by atoms with Gasteiger partial charge in [-0.25, -0.2) is 0 Å². The Morgan fingerprint density at radius 2 is 1.31 bits per heavy atom. The van der Waals surface area contributed by atoms with Gasteiger partial charge in [0.15, 0.2) is 0 Å². The Kier molecular flexibility index (Phi) is 10.3. The molecule has 0 aromatic heterocycles. The predicted molar refractivity (Wildman–Crippen MR) is 113 cm³/mol. The van der Waals surface area contributed by atoms with Crippen molar-refractivity contribution in [3.05, 3.63) is 80.7 Å². The van der Waals surface area contributed by atoms with E-state index in [1.807, 2.05) is 0 Å². The van der Waals surface area contributed by atoms with Gasteiger partial charge in [-0.05, 0) is 0 Å². The maximum atomic E-state index is 12.3. The van der Waals surface area contributed by atoms with Gasteiger partial charge in [0.05, 0.1) is 0 Å². The van der Waals surface area contributed by atoms with E-state index in [1.54, 1.807) is 10.3 Å². The molecular formula is C23H28Cl2HfNOSi. The molecule has 29 heavy (non-hydrogen) atoms. The molecule has 3 rings (SSSR count). The maximum absolute atomic E-state index is 12.3. The Morgan fingerprint density at radius 1 is 0.862 bits per heavy atom. The van der Waals surface area contributed by atoms with E-state index in [9.17, 15) is 4.79 Å². The van der Waals surface area contributed by atoms with Crippen LogP contribution in [0.5, 0.6) is 0 Å². The number of hydrogen-bond donors (Lipinski definition) is 1. The number of carbonyl (C=O) groups excluding carboxylic acids is 1. The van der Waals surface area contributed by atoms with E-state index in [-0.39, 0.29) is 30.7 Å². The van der Waals surface area contributed by atoms with E-state index in [1.165, 1.54) is 27.1 Å². The van der Waals surface area contributed by atoms with Gasteiger partial charge >= 0.3 is 173 Å². The molecule has 2 aromatic carbocycles. The number of halogens is 2. The van der Waals surface area contributed by atoms with Gasteiger partial charge in [0.25, 0.3) is 0 Å². The van der Waals surface area contributed by atoms with E-state index in [0.717, 1.165) is 0 Å². The Hall–Kier alpha value is -0.943. The molecule has 1 amide bonds. The molecule has 1 aliphatic rings. The van der Waals surface area contributed by atoms with Gasteiger partial charge in [0, 0.05) is 0 Å². The summed E-state index contributed by atoms with van der Waals surface area (Å²) >= 11 is -2.68. The van der Waals surface area contributed by atoms with Crippen LogP contribution in [0.1, 0.15) is 34.6 Å². The van der Waals surface area contributed by atoms with Crippen LogP contribution in [0.25, 0.3) is 0 Å². The summed E-state index contributed by atoms with van der Waals surface area (Å²) < 4.78 is 5.18. The summed E-state index contributed by atoms with van der Waals surface area (Å²) in [5, 5.41) is 2.91. The van der Waals surface area contributed by atoms with Crippen LogP contribution in [0.2, 0.25) is 0 Å². The van der Waals surface area contributed by atoms with Crippen molar-refractivity contribution in [2.75, 3.05) is 0 Å². The second-order valence-electron chi connectivity index (χ2n) is 7.42. The first kappa shape index (κ1) is 26.1. The van der Waals surface area contributed by atoms with E-state index < -0.39 is 26.9 Å². The van der Waals surface area contributed by atoms with Gasteiger partial charge in [-0.2, -0.15) is 0 Å². The Labute approximate surface area is 196 Å². The maximum Gasteiger partial charge on any atom is -1.00 e. The number of rotatable bonds is 5. The van der Waals surface area contributed by atoms with Crippen LogP contribution in [0.4, 0.5) is 0 Å². The first-order valence-electron chi connectivity index (χ1n) is 9.55. The Balaban J connectivity index is 0.00000210. The molecule has 153 valence electrons. The quantitative estimate of drug-likeness (QED) is 0.372. The summed E-state index contributed by atoms with van der Waals surface area (Å²) in [4.78, 5) is 12.3. The summed E-state index contributed by atoms with van der Waals surface area (Å²) in [7, 11) is 0. The Bertz CT molecular complexity index is 860. The van der Waals surface area contributed by atoms with Crippen LogP contribution >= 0.6 is 0 Å². The van der Waals surface area contributed by atoms with Crippen molar-refractivity contribution in [3.8, 4) is 0 Å². The predicted octanol–water partition coefficient (Wildman–Crippen LogP) is -2.54. The number of carbonyl (C=O) groups is 1. The molecule has 0 saturated heterocycles. The zero-order valence-corrected chi connectivity index (χ0v) is 23.9. The molecule has 2 nitrogen and oxygen atoms in total. The van der Waals surface area contributed by atoms with Crippen LogP contribution in [0.15, 0.2) is 80.7 Å². The monoisotopic (exact) mass is 612 g/mol. The largest absolute Gasteiger partial charge is 1.00 e. The normalized spacial score (nSPS) is 15.7. The standard InChI is InChI=1S/C12H11Si.C9H13.C2H5NO.2ClH.Hf/c1-3-7-11(8-4-1)13-12-9-5-2-6-10-12;1-6-5-7(2)9(4)8(6)3;1-2(3)4;;;/h1-10,13H;6H,1-4H3;1H3,(H2,3,4);2*1H;/q;;;;;+3/p-3. The summed E-state index contributed by atoms with van der Waals surface area (Å²) in [5.74, 6) is -0.914. The smallest absolute Gasteiger partial charge is 1.00 e. The number of hydrogen-bond acceptors (Lipinski definition) is 1. The fourth-order valence-corrected chi connectivity index (χ4v) is 35.0. The van der Waals surface area contributed by atoms with Crippen LogP contribution in [0.3, 0.4) is 0 Å². The van der Waals surface area contributed by atoms with E-state index in [2.05, 4.69) is 91.7 Å². The molecule has 2 aromatic rings. The first-order valence-corrected chi connectivity index (χ1v) is 21.1. The number of nitrogens with one attached hydrogen (secondary N) is 1. The third-order valence-electron chi connectivity index (χ3n) is 5.80. The van der Waals surface area contributed by atoms with Crippen molar-refractivity contribution in [3.63, 3.8) is 0 Å². The second kappa shape index (κ2) is 11.4. The molecule has 1 unspecified atom stereocenters. The van der Waals surface area contributed by atoms with E-state index >= 15 is 0 Å². The Morgan fingerprint density at radius 3 is 1.66 bits per heavy atom. The molecule has 0 radical (unpaired) electrons. The minimum absolute atomic E-state index is 0. The second-order valence-corrected chi connectivity index (χ2v) is 26.4. The van der Waals surface area contributed by atoms with Gasteiger partial charge in [-0.3, -0.25) is 0 Å². The fourth-order valence-electron chi connectivity index (χ4n) is 4.10. The van der Waals surface area contributed by atoms with Crippen molar-refractivity contribution in [2.24, 2.45) is 5.92 Å². The van der Waals surface area contributed by atoms with E-state index in [4.69, 9.17) is 0 Å². The van der Waals surface area contributed by atoms with E-state index in [0.29, 0.717) is 5.92 Å². The fraction of sp³-hybridized carbons (Fsp3) is 0.261. The molecule has 0 saturated carbocycles. The van der Waals surface area contributed by atoms with Crippen molar-refractivity contribution >= 4 is 22.3 Å². The van der Waals surface area contributed by atoms with Crippen LogP contribution in [-0.2, 0) is 25.7 Å². The van der Waals surface area contributed by atoms with Gasteiger partial charge in [0.2, 0.25) is 0 Å². The molecule has 0 fully saturated rings. The zero-order chi connectivity index (χ0) is 19.6. The zero-order valence-electron chi connectivity index (χ0n) is 17.6. The summed E-state index contributed by atoms with van der Waals surface area (Å²) in [6, 6.07) is 21.8. The molecule has 0 heterocycles. The number of allylic oxidation sites excluding steroid dienone is 4. The molecule has 1 N–H and O–H groups in total. The topological polar surface area (TPSA) is 29.1 Å². The summed E-state index contributed by atoms with van der Waals surface area (Å²) in [6.07, 6.45) is 0. The van der Waals surface area contributed by atoms with Crippen LogP contribution < -0.4 is 38.5 Å². The van der Waals surface area contributed by atoms with Gasteiger partial charge < -0.3 is 24.8 Å². The first-order chi connectivity index (χ1) is 12.9. The third-order valence-corrected chi connectivity index (χ3v) is 32.8. The third kappa shape index (κ3) is 5.60. The summed E-state index contributed by atoms with van der Waals surface area (Å²) in [6.45, 7) is 10.8. The molecular weight excluding hydrogens is 584 g/mol. The van der Waals surface area contributed by atoms with Crippen LogP contribution in [-0.4, -0.2) is 11.9 Å². The molecule has 6 heteroatoms. The van der Waals surface area contributed by atoms with Crippen LogP contribution in [0, 0.1) is 5.92 Å². The van der Waals surface area contributed by atoms with Crippen molar-refractivity contribution in [1.29, 1.82) is 0 Å². The molecule has 0 bridgehead atoms. The van der Waals surface area contributed by atoms with Crippen molar-refractivity contribution < 1.29 is 50.5 Å². The average Bonchev–Trinajstić information content (AvgIpc) is 2.86. The molecule has 1 atom stereocenters. The number of benzene rings is 2. The minimum atomic E-state index is -2.68. The minimum Gasteiger partial charge on any atom is -1.00 e. The summed E-state index contributed by atoms with van der Waals surface area (Å²) in [5.41, 5.74) is 4.35. The SMILES string of the molecule is CC(=O)[NH][Hf+2]([C]1=C(C)C(C)=C(C)C1C)[SiH](c1ccccc1)c1ccccc1.[Cl-].[Cl-]. The van der Waals surface area contributed by atoms with Gasteiger partial charge in [-0.15, -0.1) is 0 Å². The van der Waals surface area contributed by atoms with Crippen molar-refractivity contribution in [1.82, 2.24) is 3.30 Å². The van der Waals surface area contributed by atoms with Crippen molar-refractivity contribution in [2.45, 2.75) is 34.6 Å². The average molecular weight is 612 g/mol. The number of amides is 1. The molecule has 0 aliphatic heterocycles. The molecule has 1 aliphatic carbocycles. The molecule has 0 spiro atoms.